The summed E-state index contributed by atoms with van der Waals surface area (Å²) in [5.74, 6) is -0.237. The Hall–Kier alpha value is -1.40. The smallest absolute Gasteiger partial charge is 0.271 e. The quantitative estimate of drug-likeness (QED) is 0.607. The van der Waals surface area contributed by atoms with Crippen molar-refractivity contribution in [3.8, 4) is 0 Å². The highest BCUT2D eigenvalue weighted by molar-refractivity contribution is 5.93. The standard InChI is InChI=1S/C12H20N4O2/c1-9-10(16-8-15-9)11(17)14-7-12(18)3-2-5-13-6-4-12/h8,13,18H,2-7H2,1H3,(H,14,17)(H,15,16). The van der Waals surface area contributed by atoms with Crippen molar-refractivity contribution >= 4 is 5.91 Å². The van der Waals surface area contributed by atoms with Gasteiger partial charge in [-0.05, 0) is 39.3 Å². The van der Waals surface area contributed by atoms with Gasteiger partial charge in [0, 0.05) is 12.2 Å². The number of nitrogens with zero attached hydrogens (tertiary/aromatic N) is 1. The minimum Gasteiger partial charge on any atom is -0.388 e. The van der Waals surface area contributed by atoms with Crippen molar-refractivity contribution in [2.24, 2.45) is 0 Å². The number of rotatable bonds is 3. The predicted octanol–water partition coefficient (Wildman–Crippen LogP) is -0.0475. The van der Waals surface area contributed by atoms with E-state index in [1.54, 1.807) is 6.92 Å². The lowest BCUT2D eigenvalue weighted by atomic mass is 9.95. The van der Waals surface area contributed by atoms with E-state index < -0.39 is 5.60 Å². The normalized spacial score (nSPS) is 24.6. The molecule has 0 spiro atoms. The molecule has 4 N–H and O–H groups in total. The number of aliphatic hydroxyl groups is 1. The highest BCUT2D eigenvalue weighted by atomic mass is 16.3. The van der Waals surface area contributed by atoms with Crippen molar-refractivity contribution in [3.05, 3.63) is 17.7 Å². The molecule has 100 valence electrons. The van der Waals surface area contributed by atoms with Gasteiger partial charge in [0.1, 0.15) is 5.69 Å². The zero-order valence-electron chi connectivity index (χ0n) is 10.6. The third-order valence-electron chi connectivity index (χ3n) is 3.39. The first kappa shape index (κ1) is 13.0. The summed E-state index contributed by atoms with van der Waals surface area (Å²) in [6.45, 7) is 3.79. The molecule has 2 rings (SSSR count). The van der Waals surface area contributed by atoms with Crippen LogP contribution < -0.4 is 10.6 Å². The highest BCUT2D eigenvalue weighted by Crippen LogP contribution is 2.18. The van der Waals surface area contributed by atoms with Crippen LogP contribution in [0, 0.1) is 6.92 Å². The Labute approximate surface area is 106 Å². The molecule has 1 atom stereocenters. The lowest BCUT2D eigenvalue weighted by molar-refractivity contribution is 0.0275. The van der Waals surface area contributed by atoms with Gasteiger partial charge in [0.2, 0.25) is 0 Å². The topological polar surface area (TPSA) is 90.0 Å². The number of H-pyrrole nitrogens is 1. The highest BCUT2D eigenvalue weighted by Gasteiger charge is 2.28. The molecule has 18 heavy (non-hydrogen) atoms. The molecule has 0 saturated carbocycles. The fourth-order valence-electron chi connectivity index (χ4n) is 2.21. The van der Waals surface area contributed by atoms with Crippen LogP contribution in [0.25, 0.3) is 0 Å². The van der Waals surface area contributed by atoms with E-state index in [4.69, 9.17) is 0 Å². The maximum absolute atomic E-state index is 11.9. The minimum absolute atomic E-state index is 0.237. The van der Waals surface area contributed by atoms with Crippen molar-refractivity contribution in [2.45, 2.75) is 31.8 Å². The molecule has 1 saturated heterocycles. The van der Waals surface area contributed by atoms with Gasteiger partial charge in [0.25, 0.3) is 5.91 Å². The second kappa shape index (κ2) is 5.49. The maximum Gasteiger partial charge on any atom is 0.271 e. The summed E-state index contributed by atoms with van der Waals surface area (Å²) >= 11 is 0. The fraction of sp³-hybridized carbons (Fsp3) is 0.667. The second-order valence-electron chi connectivity index (χ2n) is 4.89. The van der Waals surface area contributed by atoms with E-state index in [9.17, 15) is 9.90 Å². The molecule has 6 nitrogen and oxygen atoms in total. The Bertz CT molecular complexity index is 408. The van der Waals surface area contributed by atoms with Crippen LogP contribution in [0.3, 0.4) is 0 Å². The van der Waals surface area contributed by atoms with Gasteiger partial charge in [0.05, 0.1) is 11.9 Å². The Morgan fingerprint density at radius 1 is 1.56 bits per heavy atom. The predicted molar refractivity (Wildman–Crippen MR) is 67.3 cm³/mol. The van der Waals surface area contributed by atoms with Gasteiger partial charge in [0.15, 0.2) is 0 Å². The summed E-state index contributed by atoms with van der Waals surface area (Å²) in [6, 6.07) is 0. The van der Waals surface area contributed by atoms with Gasteiger partial charge in [-0.3, -0.25) is 4.79 Å². The van der Waals surface area contributed by atoms with Crippen LogP contribution in [0.5, 0.6) is 0 Å². The van der Waals surface area contributed by atoms with Gasteiger partial charge in [-0.2, -0.15) is 0 Å². The van der Waals surface area contributed by atoms with Crippen molar-refractivity contribution in [1.29, 1.82) is 0 Å². The molecule has 1 aromatic rings. The Kier molecular flexibility index (Phi) is 3.98. The number of carbonyl (C=O) groups excluding carboxylic acids is 1. The number of imidazole rings is 1. The van der Waals surface area contributed by atoms with Crippen LogP contribution in [0.1, 0.15) is 35.4 Å². The van der Waals surface area contributed by atoms with Crippen LogP contribution in [0.15, 0.2) is 6.33 Å². The average molecular weight is 252 g/mol. The first-order valence-electron chi connectivity index (χ1n) is 6.32. The van der Waals surface area contributed by atoms with Crippen LogP contribution in [-0.4, -0.2) is 46.2 Å². The number of amides is 1. The molecule has 0 aromatic carbocycles. The van der Waals surface area contributed by atoms with E-state index in [1.807, 2.05) is 0 Å². The molecule has 1 aliphatic rings. The van der Waals surface area contributed by atoms with E-state index in [-0.39, 0.29) is 12.5 Å². The van der Waals surface area contributed by atoms with Gasteiger partial charge in [-0.15, -0.1) is 0 Å². The second-order valence-corrected chi connectivity index (χ2v) is 4.89. The number of hydrogen-bond donors (Lipinski definition) is 4. The number of aromatic amines is 1. The number of carbonyl (C=O) groups is 1. The van der Waals surface area contributed by atoms with Crippen LogP contribution >= 0.6 is 0 Å². The van der Waals surface area contributed by atoms with Crippen LogP contribution in [-0.2, 0) is 0 Å². The van der Waals surface area contributed by atoms with Crippen LogP contribution in [0.4, 0.5) is 0 Å². The number of hydrogen-bond acceptors (Lipinski definition) is 4. The van der Waals surface area contributed by atoms with E-state index in [1.165, 1.54) is 6.33 Å². The molecule has 2 heterocycles. The third-order valence-corrected chi connectivity index (χ3v) is 3.39. The summed E-state index contributed by atoms with van der Waals surface area (Å²) in [4.78, 5) is 18.7. The number of nitrogens with one attached hydrogen (secondary N) is 3. The van der Waals surface area contributed by atoms with Gasteiger partial charge < -0.3 is 20.7 Å². The molecular weight excluding hydrogens is 232 g/mol. The van der Waals surface area contributed by atoms with E-state index in [0.717, 1.165) is 25.2 Å². The SMILES string of the molecule is Cc1[nH]cnc1C(=O)NCC1(O)CCCNCC1. The zero-order valence-corrected chi connectivity index (χ0v) is 10.6. The summed E-state index contributed by atoms with van der Waals surface area (Å²) in [6.07, 6.45) is 3.79. The number of aryl methyl sites for hydroxylation is 1. The van der Waals surface area contributed by atoms with Crippen molar-refractivity contribution < 1.29 is 9.90 Å². The minimum atomic E-state index is -0.802. The van der Waals surface area contributed by atoms with E-state index in [0.29, 0.717) is 18.5 Å². The van der Waals surface area contributed by atoms with Crippen LogP contribution in [0.2, 0.25) is 0 Å². The average Bonchev–Trinajstić information content (AvgIpc) is 2.65. The molecule has 0 radical (unpaired) electrons. The number of aromatic nitrogens is 2. The van der Waals surface area contributed by atoms with Gasteiger partial charge in [-0.25, -0.2) is 4.98 Å². The molecular formula is C12H20N4O2. The van der Waals surface area contributed by atoms with E-state index >= 15 is 0 Å². The molecule has 1 fully saturated rings. The molecule has 1 unspecified atom stereocenters. The summed E-state index contributed by atoms with van der Waals surface area (Å²) in [7, 11) is 0. The summed E-state index contributed by atoms with van der Waals surface area (Å²) in [5.41, 5.74) is 0.330. The summed E-state index contributed by atoms with van der Waals surface area (Å²) in [5, 5.41) is 16.4. The van der Waals surface area contributed by atoms with E-state index in [2.05, 4.69) is 20.6 Å². The first-order valence-corrected chi connectivity index (χ1v) is 6.32. The molecule has 0 bridgehead atoms. The monoisotopic (exact) mass is 252 g/mol. The molecule has 1 aromatic heterocycles. The van der Waals surface area contributed by atoms with Crippen molar-refractivity contribution in [2.75, 3.05) is 19.6 Å². The fourth-order valence-corrected chi connectivity index (χ4v) is 2.21. The first-order chi connectivity index (χ1) is 8.61. The molecule has 0 aliphatic carbocycles. The van der Waals surface area contributed by atoms with Gasteiger partial charge >= 0.3 is 0 Å². The summed E-state index contributed by atoms with van der Waals surface area (Å²) < 4.78 is 0. The molecule has 6 heteroatoms. The van der Waals surface area contributed by atoms with Crippen molar-refractivity contribution in [3.63, 3.8) is 0 Å². The lowest BCUT2D eigenvalue weighted by Gasteiger charge is -2.26. The lowest BCUT2D eigenvalue weighted by Crippen LogP contribution is -2.43. The third kappa shape index (κ3) is 3.08. The maximum atomic E-state index is 11.9. The van der Waals surface area contributed by atoms with Crippen molar-refractivity contribution in [1.82, 2.24) is 20.6 Å². The molecule has 1 aliphatic heterocycles. The van der Waals surface area contributed by atoms with Gasteiger partial charge in [-0.1, -0.05) is 0 Å². The molecule has 1 amide bonds. The Morgan fingerprint density at radius 2 is 2.39 bits per heavy atom. The zero-order chi connectivity index (χ0) is 13.0. The largest absolute Gasteiger partial charge is 0.388 e. The Balaban J connectivity index is 1.90. The Morgan fingerprint density at radius 3 is 3.11 bits per heavy atom.